The van der Waals surface area contributed by atoms with E-state index in [0.717, 1.165) is 19.3 Å². The van der Waals surface area contributed by atoms with Crippen molar-refractivity contribution in [2.75, 3.05) is 0 Å². The molecule has 2 atom stereocenters. The molecule has 1 rings (SSSR count). The van der Waals surface area contributed by atoms with Gasteiger partial charge in [-0.05, 0) is 19.3 Å². The highest BCUT2D eigenvalue weighted by Crippen LogP contribution is 2.27. The summed E-state index contributed by atoms with van der Waals surface area (Å²) in [5, 5.41) is 8.68. The Morgan fingerprint density at radius 1 is 1.67 bits per heavy atom. The molecule has 66 valence electrons. The van der Waals surface area contributed by atoms with Crippen LogP contribution >= 0.6 is 0 Å². The SMILES string of the molecule is CCC(=O)O[C@H]1CCC[C@@H]1C#N. The summed E-state index contributed by atoms with van der Waals surface area (Å²) in [6.07, 6.45) is 2.99. The van der Waals surface area contributed by atoms with Crippen LogP contribution in [0.15, 0.2) is 0 Å². The van der Waals surface area contributed by atoms with Crippen molar-refractivity contribution in [1.29, 1.82) is 5.26 Å². The van der Waals surface area contributed by atoms with Crippen LogP contribution in [0.1, 0.15) is 32.6 Å². The van der Waals surface area contributed by atoms with Crippen LogP contribution in [0.4, 0.5) is 0 Å². The number of nitrogens with zero attached hydrogens (tertiary/aromatic N) is 1. The van der Waals surface area contributed by atoms with E-state index in [9.17, 15) is 4.79 Å². The lowest BCUT2D eigenvalue weighted by atomic mass is 10.1. The fourth-order valence-electron chi connectivity index (χ4n) is 1.47. The Hall–Kier alpha value is -1.04. The van der Waals surface area contributed by atoms with Gasteiger partial charge in [0.05, 0.1) is 12.0 Å². The Morgan fingerprint density at radius 2 is 2.42 bits per heavy atom. The second kappa shape index (κ2) is 4.10. The molecule has 3 heteroatoms. The Labute approximate surface area is 72.3 Å². The summed E-state index contributed by atoms with van der Waals surface area (Å²) in [7, 11) is 0. The minimum Gasteiger partial charge on any atom is -0.461 e. The first-order valence-corrected chi connectivity index (χ1v) is 4.37. The molecule has 0 radical (unpaired) electrons. The van der Waals surface area contributed by atoms with Crippen LogP contribution in [-0.2, 0) is 9.53 Å². The van der Waals surface area contributed by atoms with Crippen LogP contribution in [-0.4, -0.2) is 12.1 Å². The molecular weight excluding hydrogens is 154 g/mol. The minimum absolute atomic E-state index is 0.0690. The molecule has 12 heavy (non-hydrogen) atoms. The molecular formula is C9H13NO2. The van der Waals surface area contributed by atoms with Gasteiger partial charge in [-0.25, -0.2) is 0 Å². The van der Waals surface area contributed by atoms with Gasteiger partial charge in [-0.15, -0.1) is 0 Å². The molecule has 0 N–H and O–H groups in total. The molecule has 1 saturated carbocycles. The van der Waals surface area contributed by atoms with Crippen LogP contribution in [0.25, 0.3) is 0 Å². The van der Waals surface area contributed by atoms with Crippen molar-refractivity contribution in [1.82, 2.24) is 0 Å². The second-order valence-corrected chi connectivity index (χ2v) is 3.05. The predicted molar refractivity (Wildman–Crippen MR) is 43.1 cm³/mol. The minimum atomic E-state index is -0.192. The highest BCUT2D eigenvalue weighted by Gasteiger charge is 2.29. The predicted octanol–water partition coefficient (Wildman–Crippen LogP) is 1.63. The summed E-state index contributed by atoms with van der Waals surface area (Å²) in [6, 6.07) is 2.17. The van der Waals surface area contributed by atoms with Crippen LogP contribution in [0.5, 0.6) is 0 Å². The van der Waals surface area contributed by atoms with E-state index in [1.807, 2.05) is 0 Å². The summed E-state index contributed by atoms with van der Waals surface area (Å²) in [5.41, 5.74) is 0. The molecule has 0 bridgehead atoms. The number of esters is 1. The zero-order valence-corrected chi connectivity index (χ0v) is 7.25. The smallest absolute Gasteiger partial charge is 0.305 e. The lowest BCUT2D eigenvalue weighted by Gasteiger charge is -2.13. The molecule has 0 aliphatic heterocycles. The standard InChI is InChI=1S/C9H13NO2/c1-2-9(11)12-8-5-3-4-7(8)6-10/h7-8H,2-5H2,1H3/t7-,8+/m1/s1. The third-order valence-electron chi connectivity index (χ3n) is 2.19. The molecule has 0 spiro atoms. The van der Waals surface area contributed by atoms with Crippen molar-refractivity contribution in [2.24, 2.45) is 5.92 Å². The summed E-state index contributed by atoms with van der Waals surface area (Å²) < 4.78 is 5.10. The lowest BCUT2D eigenvalue weighted by molar-refractivity contribution is -0.149. The van der Waals surface area contributed by atoms with Crippen molar-refractivity contribution in [3.05, 3.63) is 0 Å². The maximum atomic E-state index is 10.9. The van der Waals surface area contributed by atoms with E-state index in [1.165, 1.54) is 0 Å². The summed E-state index contributed by atoms with van der Waals surface area (Å²) in [4.78, 5) is 10.9. The number of nitriles is 1. The average Bonchev–Trinajstić information content (AvgIpc) is 2.51. The first kappa shape index (κ1) is 9.05. The van der Waals surface area contributed by atoms with E-state index in [4.69, 9.17) is 10.00 Å². The summed E-state index contributed by atoms with van der Waals surface area (Å²) in [6.45, 7) is 1.76. The second-order valence-electron chi connectivity index (χ2n) is 3.05. The quantitative estimate of drug-likeness (QED) is 0.587. The molecule has 1 fully saturated rings. The van der Waals surface area contributed by atoms with Gasteiger partial charge in [-0.2, -0.15) is 5.26 Å². The molecule has 1 aliphatic rings. The molecule has 0 aromatic rings. The third kappa shape index (κ3) is 1.97. The Morgan fingerprint density at radius 3 is 3.00 bits per heavy atom. The Kier molecular flexibility index (Phi) is 3.09. The number of hydrogen-bond acceptors (Lipinski definition) is 3. The Balaban J connectivity index is 2.42. The van der Waals surface area contributed by atoms with Crippen LogP contribution in [0, 0.1) is 17.2 Å². The van der Waals surface area contributed by atoms with E-state index in [-0.39, 0.29) is 18.0 Å². The molecule has 0 heterocycles. The van der Waals surface area contributed by atoms with Crippen molar-refractivity contribution in [3.8, 4) is 6.07 Å². The van der Waals surface area contributed by atoms with Gasteiger partial charge in [0.15, 0.2) is 0 Å². The first-order valence-electron chi connectivity index (χ1n) is 4.37. The third-order valence-corrected chi connectivity index (χ3v) is 2.19. The monoisotopic (exact) mass is 167 g/mol. The zero-order chi connectivity index (χ0) is 8.97. The van der Waals surface area contributed by atoms with Gasteiger partial charge >= 0.3 is 5.97 Å². The topological polar surface area (TPSA) is 50.1 Å². The summed E-state index contributed by atoms with van der Waals surface area (Å²) >= 11 is 0. The largest absolute Gasteiger partial charge is 0.461 e. The van der Waals surface area contributed by atoms with Gasteiger partial charge in [-0.3, -0.25) is 4.79 Å². The van der Waals surface area contributed by atoms with Gasteiger partial charge < -0.3 is 4.74 Å². The van der Waals surface area contributed by atoms with Crippen LogP contribution < -0.4 is 0 Å². The average molecular weight is 167 g/mol. The van der Waals surface area contributed by atoms with E-state index < -0.39 is 0 Å². The molecule has 0 aromatic carbocycles. The van der Waals surface area contributed by atoms with Crippen molar-refractivity contribution < 1.29 is 9.53 Å². The fourth-order valence-corrected chi connectivity index (χ4v) is 1.47. The summed E-state index contributed by atoms with van der Waals surface area (Å²) in [5.74, 6) is -0.261. The van der Waals surface area contributed by atoms with Crippen molar-refractivity contribution in [2.45, 2.75) is 38.7 Å². The number of ether oxygens (including phenoxy) is 1. The number of rotatable bonds is 2. The van der Waals surface area contributed by atoms with Crippen LogP contribution in [0.3, 0.4) is 0 Å². The van der Waals surface area contributed by atoms with Crippen LogP contribution in [0.2, 0.25) is 0 Å². The molecule has 1 aliphatic carbocycles. The van der Waals surface area contributed by atoms with E-state index in [2.05, 4.69) is 6.07 Å². The fraction of sp³-hybridized carbons (Fsp3) is 0.778. The first-order chi connectivity index (χ1) is 5.77. The maximum Gasteiger partial charge on any atom is 0.305 e. The normalized spacial score (nSPS) is 28.0. The highest BCUT2D eigenvalue weighted by molar-refractivity contribution is 5.69. The van der Waals surface area contributed by atoms with Crippen molar-refractivity contribution >= 4 is 5.97 Å². The van der Waals surface area contributed by atoms with Gasteiger partial charge in [0.1, 0.15) is 6.10 Å². The number of carbonyl (C=O) groups is 1. The molecule has 0 unspecified atom stereocenters. The highest BCUT2D eigenvalue weighted by atomic mass is 16.5. The Bertz CT molecular complexity index is 207. The van der Waals surface area contributed by atoms with E-state index in [0.29, 0.717) is 6.42 Å². The van der Waals surface area contributed by atoms with Crippen molar-refractivity contribution in [3.63, 3.8) is 0 Å². The van der Waals surface area contributed by atoms with E-state index in [1.54, 1.807) is 6.92 Å². The van der Waals surface area contributed by atoms with Gasteiger partial charge in [-0.1, -0.05) is 6.92 Å². The molecule has 3 nitrogen and oxygen atoms in total. The van der Waals surface area contributed by atoms with E-state index >= 15 is 0 Å². The maximum absolute atomic E-state index is 10.9. The van der Waals surface area contributed by atoms with Gasteiger partial charge in [0.25, 0.3) is 0 Å². The molecule has 0 saturated heterocycles. The zero-order valence-electron chi connectivity index (χ0n) is 7.25. The number of carbonyl (C=O) groups excluding carboxylic acids is 1. The van der Waals surface area contributed by atoms with Gasteiger partial charge in [0, 0.05) is 6.42 Å². The molecule has 0 aromatic heterocycles. The number of hydrogen-bond donors (Lipinski definition) is 0. The lowest BCUT2D eigenvalue weighted by Crippen LogP contribution is -2.20. The van der Waals surface area contributed by atoms with Gasteiger partial charge in [0.2, 0.25) is 0 Å². The molecule has 0 amide bonds.